The monoisotopic (exact) mass is 688 g/mol. The number of anilines is 6. The molecule has 0 atom stereocenters. The highest BCUT2D eigenvalue weighted by atomic mass is 16.5. The zero-order chi connectivity index (χ0) is 36.5. The largest absolute Gasteiger partial charge is 0.461 e. The zero-order valence-electron chi connectivity index (χ0n) is 30.2. The molecule has 0 heterocycles. The fourth-order valence-corrected chi connectivity index (χ4v) is 6.11. The van der Waals surface area contributed by atoms with E-state index in [9.17, 15) is 9.59 Å². The Morgan fingerprint density at radius 2 is 0.615 bits per heavy atom. The molecule has 0 saturated heterocycles. The van der Waals surface area contributed by atoms with E-state index in [1.165, 1.54) is 25.0 Å². The Hall–Kier alpha value is -6.14. The summed E-state index contributed by atoms with van der Waals surface area (Å²) < 4.78 is 10.4. The number of aryl methyl sites for hydroxylation is 2. The lowest BCUT2D eigenvalue weighted by molar-refractivity contribution is -0.143. The molecule has 0 aromatic heterocycles. The number of hydrogen-bond donors (Lipinski definition) is 0. The number of esters is 2. The Morgan fingerprint density at radius 3 is 0.846 bits per heavy atom. The van der Waals surface area contributed by atoms with Crippen molar-refractivity contribution in [3.8, 4) is 11.1 Å². The molecule has 6 aromatic carbocycles. The molecule has 6 heteroatoms. The van der Waals surface area contributed by atoms with Gasteiger partial charge in [-0.25, -0.2) is 0 Å². The smallest absolute Gasteiger partial charge is 0.302 e. The minimum Gasteiger partial charge on any atom is -0.461 e. The van der Waals surface area contributed by atoms with E-state index in [1.807, 2.05) is 24.3 Å². The van der Waals surface area contributed by atoms with Gasteiger partial charge in [0.2, 0.25) is 0 Å². The summed E-state index contributed by atoms with van der Waals surface area (Å²) in [5, 5.41) is 0. The lowest BCUT2D eigenvalue weighted by atomic mass is 10.0. The number of ether oxygens (including phenoxy) is 2. The molecule has 0 N–H and O–H groups in total. The van der Waals surface area contributed by atoms with Crippen LogP contribution in [0.25, 0.3) is 11.1 Å². The van der Waals surface area contributed by atoms with Gasteiger partial charge in [-0.1, -0.05) is 86.6 Å². The van der Waals surface area contributed by atoms with Crippen molar-refractivity contribution in [1.29, 1.82) is 0 Å². The van der Waals surface area contributed by atoms with Crippen molar-refractivity contribution in [2.45, 2.75) is 53.8 Å². The van der Waals surface area contributed by atoms with Crippen LogP contribution in [0.3, 0.4) is 0 Å². The van der Waals surface area contributed by atoms with E-state index in [4.69, 9.17) is 9.47 Å². The van der Waals surface area contributed by atoms with Crippen LogP contribution in [-0.4, -0.2) is 11.9 Å². The normalized spacial score (nSPS) is 10.8. The van der Waals surface area contributed by atoms with Gasteiger partial charge in [0.1, 0.15) is 13.2 Å². The van der Waals surface area contributed by atoms with Gasteiger partial charge in [0.15, 0.2) is 0 Å². The van der Waals surface area contributed by atoms with Crippen LogP contribution >= 0.6 is 0 Å². The molecule has 0 unspecified atom stereocenters. The molecular weight excluding hydrogens is 645 g/mol. The summed E-state index contributed by atoms with van der Waals surface area (Å²) in [6.07, 6.45) is 1.96. The van der Waals surface area contributed by atoms with E-state index < -0.39 is 0 Å². The second-order valence-electron chi connectivity index (χ2n) is 12.7. The molecule has 0 amide bonds. The second kappa shape index (κ2) is 16.7. The maximum Gasteiger partial charge on any atom is 0.302 e. The van der Waals surface area contributed by atoms with Crippen LogP contribution in [0.15, 0.2) is 146 Å². The highest BCUT2D eigenvalue weighted by Gasteiger charge is 2.15. The summed E-state index contributed by atoms with van der Waals surface area (Å²) >= 11 is 0. The van der Waals surface area contributed by atoms with Crippen molar-refractivity contribution in [2.24, 2.45) is 0 Å². The van der Waals surface area contributed by atoms with E-state index in [2.05, 4.69) is 145 Å². The Labute approximate surface area is 306 Å². The Balaban J connectivity index is 1.28. The van der Waals surface area contributed by atoms with Gasteiger partial charge in [0.25, 0.3) is 0 Å². The van der Waals surface area contributed by atoms with E-state index in [1.54, 1.807) is 0 Å². The molecule has 6 aromatic rings. The molecule has 0 aliphatic carbocycles. The molecule has 52 heavy (non-hydrogen) atoms. The lowest BCUT2D eigenvalue weighted by Crippen LogP contribution is -2.10. The summed E-state index contributed by atoms with van der Waals surface area (Å²) in [5.74, 6) is -0.585. The van der Waals surface area contributed by atoms with Crippen LogP contribution in [0, 0.1) is 0 Å². The van der Waals surface area contributed by atoms with Crippen LogP contribution < -0.4 is 9.80 Å². The average Bonchev–Trinajstić information content (AvgIpc) is 3.18. The highest BCUT2D eigenvalue weighted by molar-refractivity contribution is 5.81. The van der Waals surface area contributed by atoms with Gasteiger partial charge in [0.05, 0.1) is 0 Å². The zero-order valence-corrected chi connectivity index (χ0v) is 30.2. The van der Waals surface area contributed by atoms with Gasteiger partial charge in [-0.2, -0.15) is 0 Å². The Bertz CT molecular complexity index is 1920. The van der Waals surface area contributed by atoms with Crippen molar-refractivity contribution in [3.05, 3.63) is 168 Å². The summed E-state index contributed by atoms with van der Waals surface area (Å²) in [5.41, 5.74) is 12.9. The van der Waals surface area contributed by atoms with E-state index in [-0.39, 0.29) is 25.2 Å². The van der Waals surface area contributed by atoms with Crippen LogP contribution in [0.2, 0.25) is 0 Å². The summed E-state index contributed by atoms with van der Waals surface area (Å²) in [7, 11) is 0. The standard InChI is InChI=1S/C46H44N2O4/c1-5-35-7-19-41(20-8-35)47(43-23-11-37(12-24-43)31-51-33(3)49)45-27-15-39(16-28-45)40-17-29-46(30-18-40)48(42-21-9-36(6-2)10-22-42)44-25-13-38(14-26-44)32-52-34(4)50/h7-30H,5-6,31-32H2,1-4H3. The summed E-state index contributed by atoms with van der Waals surface area (Å²) in [4.78, 5) is 27.1. The first-order chi connectivity index (χ1) is 25.3. The van der Waals surface area contributed by atoms with E-state index in [0.717, 1.165) is 69.2 Å². The van der Waals surface area contributed by atoms with E-state index >= 15 is 0 Å². The predicted molar refractivity (Wildman–Crippen MR) is 211 cm³/mol. The number of hydrogen-bond acceptors (Lipinski definition) is 6. The minimum absolute atomic E-state index is 0.251. The molecule has 0 fully saturated rings. The number of carbonyl (C=O) groups is 2. The highest BCUT2D eigenvalue weighted by Crippen LogP contribution is 2.38. The van der Waals surface area contributed by atoms with Crippen molar-refractivity contribution in [1.82, 2.24) is 0 Å². The maximum atomic E-state index is 11.3. The van der Waals surface area contributed by atoms with Gasteiger partial charge in [0, 0.05) is 48.0 Å². The number of rotatable bonds is 13. The number of benzene rings is 6. The average molecular weight is 689 g/mol. The van der Waals surface area contributed by atoms with Gasteiger partial charge >= 0.3 is 11.9 Å². The number of nitrogens with zero attached hydrogens (tertiary/aromatic N) is 2. The van der Waals surface area contributed by atoms with Gasteiger partial charge in [-0.05, 0) is 119 Å². The van der Waals surface area contributed by atoms with Crippen molar-refractivity contribution >= 4 is 46.1 Å². The van der Waals surface area contributed by atoms with Gasteiger partial charge < -0.3 is 19.3 Å². The third-order valence-electron chi connectivity index (χ3n) is 9.06. The lowest BCUT2D eigenvalue weighted by Gasteiger charge is -2.26. The Kier molecular flexibility index (Phi) is 11.5. The molecule has 0 radical (unpaired) electrons. The SMILES string of the molecule is CCc1ccc(N(c2ccc(COC(C)=O)cc2)c2ccc(-c3ccc(N(c4ccc(CC)cc4)c4ccc(COC(C)=O)cc4)cc3)cc2)cc1. The summed E-state index contributed by atoms with van der Waals surface area (Å²) in [6.45, 7) is 7.67. The maximum absolute atomic E-state index is 11.3. The molecule has 0 aliphatic rings. The fraction of sp³-hybridized carbons (Fsp3) is 0.174. The van der Waals surface area contributed by atoms with Gasteiger partial charge in [-0.15, -0.1) is 0 Å². The quantitative estimate of drug-likeness (QED) is 0.113. The van der Waals surface area contributed by atoms with Gasteiger partial charge in [-0.3, -0.25) is 9.59 Å². The van der Waals surface area contributed by atoms with Crippen molar-refractivity contribution in [2.75, 3.05) is 9.80 Å². The Morgan fingerprint density at radius 1 is 0.385 bits per heavy atom. The fourth-order valence-electron chi connectivity index (χ4n) is 6.11. The van der Waals surface area contributed by atoms with Crippen LogP contribution in [-0.2, 0) is 45.1 Å². The molecule has 0 bridgehead atoms. The minimum atomic E-state index is -0.292. The number of carbonyl (C=O) groups excluding carboxylic acids is 2. The van der Waals surface area contributed by atoms with Crippen LogP contribution in [0.1, 0.15) is 49.9 Å². The first kappa shape index (κ1) is 35.7. The molecule has 0 spiro atoms. The van der Waals surface area contributed by atoms with Crippen molar-refractivity contribution < 1.29 is 19.1 Å². The molecule has 262 valence electrons. The summed E-state index contributed by atoms with van der Waals surface area (Å²) in [6, 6.07) is 50.9. The topological polar surface area (TPSA) is 59.1 Å². The molecule has 6 nitrogen and oxygen atoms in total. The molecular formula is C46H44N2O4. The molecule has 6 rings (SSSR count). The predicted octanol–water partition coefficient (Wildman–Crippen LogP) is 11.5. The second-order valence-corrected chi connectivity index (χ2v) is 12.7. The van der Waals surface area contributed by atoms with E-state index in [0.29, 0.717) is 0 Å². The first-order valence-electron chi connectivity index (χ1n) is 17.7. The third-order valence-corrected chi connectivity index (χ3v) is 9.06. The van der Waals surface area contributed by atoms with Crippen LogP contribution in [0.4, 0.5) is 34.1 Å². The molecule has 0 aliphatic heterocycles. The van der Waals surface area contributed by atoms with Crippen molar-refractivity contribution in [3.63, 3.8) is 0 Å². The third kappa shape index (κ3) is 8.77. The first-order valence-corrected chi connectivity index (χ1v) is 17.7. The molecule has 0 saturated carbocycles. The van der Waals surface area contributed by atoms with Crippen LogP contribution in [0.5, 0.6) is 0 Å².